The molecule has 148 valence electrons. The lowest BCUT2D eigenvalue weighted by molar-refractivity contribution is 0.0527. The van der Waals surface area contributed by atoms with Crippen LogP contribution in [0.2, 0.25) is 0 Å². The van der Waals surface area contributed by atoms with Crippen LogP contribution in [-0.2, 0) is 11.3 Å². The maximum absolute atomic E-state index is 11.6. The molecule has 0 radical (unpaired) electrons. The Balaban J connectivity index is 2.34. The number of aromatic nitrogens is 1. The molecule has 8 heteroatoms. The molecule has 0 saturated carbocycles. The first-order valence-corrected chi connectivity index (χ1v) is 10.0. The van der Waals surface area contributed by atoms with Crippen LogP contribution in [0.3, 0.4) is 0 Å². The first kappa shape index (κ1) is 22.2. The summed E-state index contributed by atoms with van der Waals surface area (Å²) >= 11 is 1.64. The molecule has 1 aromatic heterocycles. The Morgan fingerprint density at radius 2 is 1.96 bits per heavy atom. The lowest BCUT2D eigenvalue weighted by Crippen LogP contribution is -2.39. The van der Waals surface area contributed by atoms with E-state index in [1.807, 2.05) is 27.7 Å². The second-order valence-corrected chi connectivity index (χ2v) is 8.17. The number of amides is 1. The van der Waals surface area contributed by atoms with Gasteiger partial charge in [0, 0.05) is 25.0 Å². The number of carbonyl (C=O) groups is 1. The molecular weight excluding hydrogens is 350 g/mol. The van der Waals surface area contributed by atoms with Gasteiger partial charge >= 0.3 is 6.09 Å². The normalized spacial score (nSPS) is 12.2. The summed E-state index contributed by atoms with van der Waals surface area (Å²) in [7, 11) is 0. The lowest BCUT2D eigenvalue weighted by atomic mass is 10.2. The summed E-state index contributed by atoms with van der Waals surface area (Å²) in [6, 6.07) is 0. The number of thiazole rings is 1. The second kappa shape index (κ2) is 11.0. The molecular formula is C18H33N5O2S. The molecule has 0 aliphatic carbocycles. The van der Waals surface area contributed by atoms with Crippen molar-refractivity contribution >= 4 is 23.4 Å². The molecule has 26 heavy (non-hydrogen) atoms. The minimum absolute atomic E-state index is 0.386. The molecule has 1 heterocycles. The van der Waals surface area contributed by atoms with Crippen molar-refractivity contribution in [2.45, 2.75) is 66.0 Å². The van der Waals surface area contributed by atoms with Crippen LogP contribution >= 0.6 is 11.3 Å². The van der Waals surface area contributed by atoms with Crippen LogP contribution < -0.4 is 16.0 Å². The van der Waals surface area contributed by atoms with E-state index >= 15 is 0 Å². The quantitative estimate of drug-likeness (QED) is 0.364. The van der Waals surface area contributed by atoms with Gasteiger partial charge in [0.15, 0.2) is 5.96 Å². The second-order valence-electron chi connectivity index (χ2n) is 7.22. The standard InChI is InChI=1S/C18H33N5O2S/c1-7-19-16(22-11-15-23-14(12-26-15)13(2)3)20-9-8-10-21-17(24)25-18(4,5)6/h12-13H,7-11H2,1-6H3,(H,21,24)(H2,19,20,22). The third-order valence-corrected chi connectivity index (χ3v) is 4.04. The lowest BCUT2D eigenvalue weighted by Gasteiger charge is -2.19. The van der Waals surface area contributed by atoms with E-state index in [2.05, 4.69) is 45.2 Å². The molecule has 0 aromatic carbocycles. The van der Waals surface area contributed by atoms with E-state index in [0.29, 0.717) is 25.6 Å². The number of aliphatic imine (C=N–C) groups is 1. The summed E-state index contributed by atoms with van der Waals surface area (Å²) < 4.78 is 5.20. The summed E-state index contributed by atoms with van der Waals surface area (Å²) in [5.41, 5.74) is 0.643. The van der Waals surface area contributed by atoms with Crippen molar-refractivity contribution in [3.8, 4) is 0 Å². The van der Waals surface area contributed by atoms with Crippen LogP contribution in [0.25, 0.3) is 0 Å². The summed E-state index contributed by atoms with van der Waals surface area (Å²) in [6.45, 7) is 14.4. The fourth-order valence-electron chi connectivity index (χ4n) is 1.95. The van der Waals surface area contributed by atoms with E-state index in [9.17, 15) is 4.79 Å². The van der Waals surface area contributed by atoms with Gasteiger partial charge in [-0.3, -0.25) is 0 Å². The predicted molar refractivity (Wildman–Crippen MR) is 108 cm³/mol. The van der Waals surface area contributed by atoms with Gasteiger partial charge < -0.3 is 20.7 Å². The van der Waals surface area contributed by atoms with Crippen molar-refractivity contribution < 1.29 is 9.53 Å². The predicted octanol–water partition coefficient (Wildman–Crippen LogP) is 3.24. The van der Waals surface area contributed by atoms with E-state index in [0.717, 1.165) is 29.6 Å². The Hall–Kier alpha value is -1.83. The third kappa shape index (κ3) is 9.60. The highest BCUT2D eigenvalue weighted by molar-refractivity contribution is 7.09. The number of ether oxygens (including phenoxy) is 1. The molecule has 0 fully saturated rings. The fraction of sp³-hybridized carbons (Fsp3) is 0.722. The highest BCUT2D eigenvalue weighted by Crippen LogP contribution is 2.18. The van der Waals surface area contributed by atoms with Crippen LogP contribution in [0.1, 0.15) is 64.6 Å². The molecule has 3 N–H and O–H groups in total. The zero-order valence-corrected chi connectivity index (χ0v) is 17.6. The number of alkyl carbamates (subject to hydrolysis) is 1. The van der Waals surface area contributed by atoms with Crippen LogP contribution in [-0.4, -0.2) is 42.3 Å². The topological polar surface area (TPSA) is 87.6 Å². The van der Waals surface area contributed by atoms with Crippen molar-refractivity contribution in [3.05, 3.63) is 16.1 Å². The molecule has 0 saturated heterocycles. The van der Waals surface area contributed by atoms with Crippen LogP contribution in [0.15, 0.2) is 10.4 Å². The first-order chi connectivity index (χ1) is 12.2. The summed E-state index contributed by atoms with van der Waals surface area (Å²) in [4.78, 5) is 20.7. The molecule has 0 aliphatic rings. The van der Waals surface area contributed by atoms with Gasteiger partial charge in [0.05, 0.1) is 12.2 Å². The Labute approximate surface area is 161 Å². The number of hydrogen-bond acceptors (Lipinski definition) is 5. The molecule has 1 amide bonds. The Bertz CT molecular complexity index is 578. The molecule has 7 nitrogen and oxygen atoms in total. The van der Waals surface area contributed by atoms with Gasteiger partial charge in [-0.15, -0.1) is 11.3 Å². The molecule has 0 unspecified atom stereocenters. The van der Waals surface area contributed by atoms with Gasteiger partial charge in [0.25, 0.3) is 0 Å². The van der Waals surface area contributed by atoms with E-state index in [-0.39, 0.29) is 6.09 Å². The number of nitrogens with zero attached hydrogens (tertiary/aromatic N) is 2. The maximum atomic E-state index is 11.6. The zero-order chi connectivity index (χ0) is 19.6. The SMILES string of the molecule is CCNC(=NCc1nc(C(C)C)cs1)NCCCNC(=O)OC(C)(C)C. The van der Waals surface area contributed by atoms with Gasteiger partial charge in [0.2, 0.25) is 0 Å². The van der Waals surface area contributed by atoms with Gasteiger partial charge in [-0.2, -0.15) is 0 Å². The number of nitrogens with one attached hydrogen (secondary N) is 3. The molecule has 0 spiro atoms. The Kier molecular flexibility index (Phi) is 9.40. The van der Waals surface area contributed by atoms with Crippen molar-refractivity contribution in [1.82, 2.24) is 20.9 Å². The van der Waals surface area contributed by atoms with Gasteiger partial charge in [-0.05, 0) is 40.0 Å². The minimum Gasteiger partial charge on any atom is -0.444 e. The van der Waals surface area contributed by atoms with Crippen molar-refractivity contribution in [3.63, 3.8) is 0 Å². The molecule has 0 aliphatic heterocycles. The smallest absolute Gasteiger partial charge is 0.407 e. The average molecular weight is 384 g/mol. The van der Waals surface area contributed by atoms with E-state index in [1.54, 1.807) is 11.3 Å². The largest absolute Gasteiger partial charge is 0.444 e. The highest BCUT2D eigenvalue weighted by Gasteiger charge is 2.15. The van der Waals surface area contributed by atoms with Crippen molar-refractivity contribution in [2.24, 2.45) is 4.99 Å². The first-order valence-electron chi connectivity index (χ1n) is 9.14. The summed E-state index contributed by atoms with van der Waals surface area (Å²) in [6.07, 6.45) is 0.390. The average Bonchev–Trinajstić information content (AvgIpc) is 2.99. The third-order valence-electron chi connectivity index (χ3n) is 3.19. The minimum atomic E-state index is -0.474. The van der Waals surface area contributed by atoms with Crippen molar-refractivity contribution in [1.29, 1.82) is 0 Å². The highest BCUT2D eigenvalue weighted by atomic mass is 32.1. The number of carbonyl (C=O) groups excluding carboxylic acids is 1. The summed E-state index contributed by atoms with van der Waals surface area (Å²) in [5, 5.41) is 12.3. The number of hydrogen-bond donors (Lipinski definition) is 3. The number of rotatable bonds is 8. The number of guanidine groups is 1. The molecule has 0 atom stereocenters. The van der Waals surface area contributed by atoms with E-state index in [1.165, 1.54) is 0 Å². The van der Waals surface area contributed by atoms with E-state index < -0.39 is 5.60 Å². The van der Waals surface area contributed by atoms with Gasteiger partial charge in [-0.1, -0.05) is 13.8 Å². The van der Waals surface area contributed by atoms with Crippen molar-refractivity contribution in [2.75, 3.05) is 19.6 Å². The van der Waals surface area contributed by atoms with Crippen LogP contribution in [0.5, 0.6) is 0 Å². The van der Waals surface area contributed by atoms with Crippen LogP contribution in [0.4, 0.5) is 4.79 Å². The summed E-state index contributed by atoms with van der Waals surface area (Å²) in [5.74, 6) is 1.19. The van der Waals surface area contributed by atoms with Crippen LogP contribution in [0, 0.1) is 0 Å². The van der Waals surface area contributed by atoms with Gasteiger partial charge in [-0.25, -0.2) is 14.8 Å². The zero-order valence-electron chi connectivity index (χ0n) is 16.8. The molecule has 1 rings (SSSR count). The maximum Gasteiger partial charge on any atom is 0.407 e. The Morgan fingerprint density at radius 1 is 1.27 bits per heavy atom. The monoisotopic (exact) mass is 383 g/mol. The van der Waals surface area contributed by atoms with Gasteiger partial charge in [0.1, 0.15) is 10.6 Å². The molecule has 1 aromatic rings. The fourth-order valence-corrected chi connectivity index (χ4v) is 2.83. The Morgan fingerprint density at radius 3 is 2.54 bits per heavy atom. The van der Waals surface area contributed by atoms with E-state index in [4.69, 9.17) is 4.74 Å². The molecule has 0 bridgehead atoms.